The van der Waals surface area contributed by atoms with Gasteiger partial charge in [0.15, 0.2) is 0 Å². The maximum Gasteiger partial charge on any atom is 0.407 e. The van der Waals surface area contributed by atoms with Gasteiger partial charge in [0.25, 0.3) is 11.8 Å². The first kappa shape index (κ1) is 117. The van der Waals surface area contributed by atoms with E-state index >= 15 is 0 Å². The summed E-state index contributed by atoms with van der Waals surface area (Å²) in [5, 5.41) is 89.8. The number of carbonyl (C=O) groups is 19. The van der Waals surface area contributed by atoms with E-state index in [0.717, 1.165) is 17.1 Å². The van der Waals surface area contributed by atoms with Gasteiger partial charge in [-0.05, 0) is 70.0 Å². The number of ether oxygens (including phenoxy) is 6. The number of alkyl carbamates (subject to hydrolysis) is 1. The number of carbonyl (C=O) groups excluding carboxylic acids is 18. The van der Waals surface area contributed by atoms with E-state index in [1.807, 2.05) is 46.4 Å². The fourth-order valence-electron chi connectivity index (χ4n) is 14.3. The highest BCUT2D eigenvalue weighted by Crippen LogP contribution is 2.30. The number of likely N-dealkylation sites (N-methyl/N-ethyl adjacent to an activating group) is 2. The summed E-state index contributed by atoms with van der Waals surface area (Å²) in [6.45, 7) is 8.60. The molecule has 754 valence electrons. The molecule has 2 aliphatic rings. The molecule has 0 radical (unpaired) electrons. The van der Waals surface area contributed by atoms with Crippen LogP contribution in [-0.2, 0) is 121 Å². The van der Waals surface area contributed by atoms with Crippen LogP contribution >= 0.6 is 0 Å². The monoisotopic (exact) mass is 1910 g/mol. The lowest BCUT2D eigenvalue weighted by atomic mass is 9.89. The van der Waals surface area contributed by atoms with Crippen molar-refractivity contribution >= 4 is 113 Å². The number of benzene rings is 1. The molecule has 0 saturated carbocycles. The Labute approximate surface area is 778 Å². The minimum atomic E-state index is -2.06. The van der Waals surface area contributed by atoms with Crippen LogP contribution < -0.4 is 69.1 Å². The van der Waals surface area contributed by atoms with Gasteiger partial charge in [-0.2, -0.15) is 0 Å². The molecule has 3 rings (SSSR count). The van der Waals surface area contributed by atoms with E-state index in [4.69, 9.17) is 33.5 Å². The van der Waals surface area contributed by atoms with Gasteiger partial charge in [0.05, 0.1) is 115 Å². The maximum absolute atomic E-state index is 14.6. The molecule has 0 aliphatic carbocycles. The zero-order valence-corrected chi connectivity index (χ0v) is 78.4. The molecule has 1 fully saturated rings. The van der Waals surface area contributed by atoms with Gasteiger partial charge in [-0.25, -0.2) is 14.4 Å². The molecular formula is C86H139N17O31. The maximum atomic E-state index is 14.6. The largest absolute Gasteiger partial charge is 0.480 e. The van der Waals surface area contributed by atoms with Crippen molar-refractivity contribution in [2.24, 2.45) is 23.7 Å². The van der Waals surface area contributed by atoms with Crippen LogP contribution in [0.4, 0.5) is 4.79 Å². The van der Waals surface area contributed by atoms with Gasteiger partial charge < -0.3 is 138 Å². The molecule has 3 unspecified atom stereocenters. The van der Waals surface area contributed by atoms with Crippen molar-refractivity contribution in [3.8, 4) is 0 Å². The van der Waals surface area contributed by atoms with E-state index in [2.05, 4.69) is 69.1 Å². The number of aliphatic carboxylic acids is 1. The minimum absolute atomic E-state index is 0.0427. The number of nitrogens with zero attached hydrogens (tertiary/aromatic N) is 4. The van der Waals surface area contributed by atoms with Gasteiger partial charge in [0, 0.05) is 105 Å². The molecule has 0 bridgehead atoms. The molecule has 17 amide bonds. The molecule has 48 heteroatoms. The van der Waals surface area contributed by atoms with Gasteiger partial charge in [0.2, 0.25) is 82.7 Å². The zero-order valence-electron chi connectivity index (χ0n) is 78.4. The number of nitrogens with one attached hydrogen (secondary N) is 13. The Hall–Kier alpha value is -11.5. The lowest BCUT2D eigenvalue weighted by Gasteiger charge is -2.41. The van der Waals surface area contributed by atoms with Crippen molar-refractivity contribution in [1.29, 1.82) is 0 Å². The van der Waals surface area contributed by atoms with Crippen molar-refractivity contribution in [3.05, 3.63) is 48.0 Å². The van der Waals surface area contributed by atoms with Crippen LogP contribution in [0.5, 0.6) is 0 Å². The third kappa shape index (κ3) is 42.4. The van der Waals surface area contributed by atoms with E-state index in [1.54, 1.807) is 68.2 Å². The van der Waals surface area contributed by atoms with Crippen molar-refractivity contribution in [3.63, 3.8) is 0 Å². The smallest absolute Gasteiger partial charge is 0.407 e. The molecule has 48 nitrogen and oxygen atoms in total. The molecule has 2 aliphatic heterocycles. The summed E-state index contributed by atoms with van der Waals surface area (Å²) in [6, 6.07) is 0.0783. The highest BCUT2D eigenvalue weighted by Gasteiger charge is 2.45. The van der Waals surface area contributed by atoms with Crippen molar-refractivity contribution in [2.75, 3.05) is 147 Å². The number of esters is 1. The number of imide groups is 1. The normalized spacial score (nSPS) is 16.4. The van der Waals surface area contributed by atoms with E-state index < -0.39 is 257 Å². The lowest BCUT2D eigenvalue weighted by molar-refractivity contribution is -0.148. The van der Waals surface area contributed by atoms with Gasteiger partial charge in [-0.3, -0.25) is 86.5 Å². The Kier molecular flexibility index (Phi) is 54.1. The first-order valence-corrected chi connectivity index (χ1v) is 44.4. The number of amides is 17. The fourth-order valence-corrected chi connectivity index (χ4v) is 14.3. The molecule has 1 aromatic carbocycles. The molecule has 1 aromatic rings. The van der Waals surface area contributed by atoms with Crippen molar-refractivity contribution < 1.29 is 150 Å². The number of rotatable bonds is 65. The van der Waals surface area contributed by atoms with Crippen LogP contribution in [0, 0.1) is 23.7 Å². The van der Waals surface area contributed by atoms with Gasteiger partial charge in [0.1, 0.15) is 55.1 Å². The molecule has 0 aromatic heterocycles. The van der Waals surface area contributed by atoms with Crippen LogP contribution in [-0.4, -0.2) is 395 Å². The predicted octanol–water partition coefficient (Wildman–Crippen LogP) is -7.26. The Morgan fingerprint density at radius 3 is 1.70 bits per heavy atom. The summed E-state index contributed by atoms with van der Waals surface area (Å²) < 4.78 is 33.2. The van der Waals surface area contributed by atoms with E-state index in [1.165, 1.54) is 21.1 Å². The van der Waals surface area contributed by atoms with Gasteiger partial charge >= 0.3 is 18.0 Å². The van der Waals surface area contributed by atoms with Gasteiger partial charge in [-0.1, -0.05) is 85.2 Å². The molecular weight excluding hydrogens is 1770 g/mol. The summed E-state index contributed by atoms with van der Waals surface area (Å²) in [4.78, 5) is 253. The second-order valence-corrected chi connectivity index (χ2v) is 33.1. The zero-order chi connectivity index (χ0) is 100. The average molecular weight is 1910 g/mol. The second-order valence-electron chi connectivity index (χ2n) is 33.1. The number of likely N-dealkylation sites (tertiary alicyclic amines) is 1. The molecule has 134 heavy (non-hydrogen) atoms. The molecule has 16 atom stereocenters. The number of carboxylic acids is 1. The van der Waals surface area contributed by atoms with Crippen molar-refractivity contribution in [2.45, 2.75) is 211 Å². The van der Waals surface area contributed by atoms with Crippen LogP contribution in [0.25, 0.3) is 0 Å². The summed E-state index contributed by atoms with van der Waals surface area (Å²) in [5.74, 6) is -15.0. The SMILES string of the molecule is CC[C@H](C)[C@@H]([C@@H](CC(=O)N1CCC[C@H]1[C@H](OC)[C@@H](C)C(=O)N[C@@H](Cc1ccccc1)C(=O)NCCCOC(=O)C(C)NC(=O)CCNC(=O)OCC(NC(=O)CNC(=O)CNC(=O)CNC(=O)CNC(=O)CCOCCOCCNC(=O)CCN1C(=O)C=CC1=O)C(=O)N[C@@H](CCC(=O)NC[C@H](O)[C@@H](O)[C@H](O)[C@H](O)CO)C(=O)O)OC)N(C)C(=O)C(NC(=O)[C@H](C(C)C)N(C)C)C(C)C. The summed E-state index contributed by atoms with van der Waals surface area (Å²) >= 11 is 0. The summed E-state index contributed by atoms with van der Waals surface area (Å²) in [6.07, 6.45) is -8.97. The van der Waals surface area contributed by atoms with E-state index in [-0.39, 0.29) is 120 Å². The minimum Gasteiger partial charge on any atom is -0.480 e. The number of methoxy groups -OCH3 is 2. The number of carboxylic acid groups (broad SMARTS) is 1. The molecule has 1 saturated heterocycles. The lowest BCUT2D eigenvalue weighted by Crippen LogP contribution is -2.59. The fraction of sp³-hybridized carbons (Fsp3) is 0.686. The highest BCUT2D eigenvalue weighted by molar-refractivity contribution is 6.13. The number of aliphatic hydroxyl groups is 5. The Morgan fingerprint density at radius 2 is 1.13 bits per heavy atom. The topological polar surface area (TPSA) is 670 Å². The number of hydrogen-bond donors (Lipinski definition) is 19. The Balaban J connectivity index is 1.55. The Morgan fingerprint density at radius 1 is 0.545 bits per heavy atom. The predicted molar refractivity (Wildman–Crippen MR) is 474 cm³/mol. The van der Waals surface area contributed by atoms with E-state index in [0.29, 0.717) is 31.4 Å². The second kappa shape index (κ2) is 62.1. The van der Waals surface area contributed by atoms with Crippen LogP contribution in [0.2, 0.25) is 0 Å². The summed E-state index contributed by atoms with van der Waals surface area (Å²) in [5.41, 5.74) is 0.710. The summed E-state index contributed by atoms with van der Waals surface area (Å²) in [7, 11) is 8.20. The first-order valence-electron chi connectivity index (χ1n) is 44.4. The molecule has 0 spiro atoms. The number of hydrogen-bond acceptors (Lipinski definition) is 31. The van der Waals surface area contributed by atoms with Crippen LogP contribution in [0.1, 0.15) is 125 Å². The third-order valence-electron chi connectivity index (χ3n) is 21.9. The van der Waals surface area contributed by atoms with Crippen LogP contribution in [0.3, 0.4) is 0 Å². The average Bonchev–Trinajstić information content (AvgIpc) is 1.44. The Bertz CT molecular complexity index is 4030. The number of aliphatic hydroxyl groups excluding tert-OH is 5. The third-order valence-corrected chi connectivity index (χ3v) is 21.9. The molecule has 2 heterocycles. The molecule has 19 N–H and O–H groups in total. The van der Waals surface area contributed by atoms with E-state index in [9.17, 15) is 117 Å². The highest BCUT2D eigenvalue weighted by atomic mass is 16.6. The van der Waals surface area contributed by atoms with Crippen molar-refractivity contribution in [1.82, 2.24) is 88.7 Å². The van der Waals surface area contributed by atoms with Crippen LogP contribution in [0.15, 0.2) is 42.5 Å². The standard InChI is InChI=1S/C86H139N17O31/c1-14-51(6)75(101(11)83(124)73(49(2)3)99-82(123)74(50(4)5)100(9)10)61(129-12)41-72(117)102-33-18-22-58(102)78(130-13)52(7)79(120)98-56(40-54-20-16-15-17-21-54)80(121)88-30-19-35-133-85(127)53(8)95-65(110)27-31-89-86(128)134-48-57(81(122)97-55(84(125)126)23-24-62(107)90-42-59(105)76(118)77(119)60(106)47-104)96-69(114)46-94-68(113)45-93-67(112)44-92-66(111)43-91-64(109)29-36-131-38-39-132-37-32-87-63(108)28-34-103-70(115)25-26-71(103)116/h15-17,20-21,25-26,49-53,55-61,73-78,104-106,118-119H,14,18-19,22-24,27-48H2,1-13H3,(H,87,108)(H,88,121)(H,89,128)(H,90,107)(H,91,109)(H,92,111)(H,93,112)(H,94,113)(H,95,110)(H,96,114)(H,97,122)(H,98,120)(H,99,123)(H,125,126)/t51-,52+,53?,55-,56-,57?,58-,59-,60+,61+,73?,74-,75-,76+,77+,78+/m0/s1. The first-order chi connectivity index (χ1) is 63.4. The quantitative estimate of drug-likeness (QED) is 0.0164. The van der Waals surface area contributed by atoms with Gasteiger partial charge in [-0.15, -0.1) is 0 Å².